The first-order valence-electron chi connectivity index (χ1n) is 7.37. The molecule has 1 aromatic rings. The zero-order valence-electron chi connectivity index (χ0n) is 12.2. The van der Waals surface area contributed by atoms with Crippen LogP contribution in [0.25, 0.3) is 0 Å². The van der Waals surface area contributed by atoms with Crippen LogP contribution in [0.15, 0.2) is 21.7 Å². The highest BCUT2D eigenvalue weighted by molar-refractivity contribution is 7.80. The van der Waals surface area contributed by atoms with Crippen LogP contribution in [0, 0.1) is 5.92 Å². The van der Waals surface area contributed by atoms with E-state index in [1.165, 1.54) is 19.3 Å². The number of furan rings is 1. The van der Waals surface area contributed by atoms with Crippen LogP contribution in [-0.4, -0.2) is 17.9 Å². The van der Waals surface area contributed by atoms with Crippen molar-refractivity contribution in [3.05, 3.63) is 23.7 Å². The molecule has 1 aromatic heterocycles. The molecule has 0 amide bonds. The van der Waals surface area contributed by atoms with Crippen molar-refractivity contribution < 1.29 is 4.42 Å². The minimum Gasteiger partial charge on any atom is -0.460 e. The summed E-state index contributed by atoms with van der Waals surface area (Å²) in [6, 6.07) is 3.99. The molecule has 4 nitrogen and oxygen atoms in total. The lowest BCUT2D eigenvalue weighted by molar-refractivity contribution is 0.500. The second-order valence-electron chi connectivity index (χ2n) is 5.39. The molecule has 110 valence electrons. The first-order valence-corrected chi connectivity index (χ1v) is 7.78. The van der Waals surface area contributed by atoms with E-state index in [2.05, 4.69) is 29.7 Å². The number of hydrazone groups is 1. The maximum Gasteiger partial charge on any atom is 0.186 e. The van der Waals surface area contributed by atoms with E-state index in [0.29, 0.717) is 11.0 Å². The van der Waals surface area contributed by atoms with Gasteiger partial charge in [-0.1, -0.05) is 26.7 Å². The Labute approximate surface area is 126 Å². The lowest BCUT2D eigenvalue weighted by Gasteiger charge is -2.05. The first-order chi connectivity index (χ1) is 9.70. The predicted molar refractivity (Wildman–Crippen MR) is 86.1 cm³/mol. The quantitative estimate of drug-likeness (QED) is 0.350. The standard InChI is InChI=1S/C15H23N3OS/c1-3-4-5-8-16-15(20)18-17-10-12-6-7-14(19-12)13-9-11(13)2/h6-7,10-11,13H,3-5,8-9H2,1-2H3,(H2,16,18,20)/b17-10-/t11-,13-/m0/s1. The fraction of sp³-hybridized carbons (Fsp3) is 0.600. The summed E-state index contributed by atoms with van der Waals surface area (Å²) in [7, 11) is 0. The van der Waals surface area contributed by atoms with Gasteiger partial charge in [0, 0.05) is 12.5 Å². The summed E-state index contributed by atoms with van der Waals surface area (Å²) < 4.78 is 5.72. The Morgan fingerprint density at radius 2 is 2.30 bits per heavy atom. The molecular formula is C15H23N3OS. The summed E-state index contributed by atoms with van der Waals surface area (Å²) >= 11 is 5.12. The Kier molecular flexibility index (Phi) is 5.59. The Hall–Kier alpha value is -1.36. The SMILES string of the molecule is CCCCCNC(=S)N/N=C\c1ccc([C@H]2C[C@@H]2C)o1. The molecular weight excluding hydrogens is 270 g/mol. The molecule has 5 heteroatoms. The highest BCUT2D eigenvalue weighted by Crippen LogP contribution is 2.47. The van der Waals surface area contributed by atoms with Crippen LogP contribution in [0.3, 0.4) is 0 Å². The molecule has 2 N–H and O–H groups in total. The van der Waals surface area contributed by atoms with E-state index in [0.717, 1.165) is 30.4 Å². The molecule has 0 spiro atoms. The molecule has 20 heavy (non-hydrogen) atoms. The van der Waals surface area contributed by atoms with Gasteiger partial charge in [-0.25, -0.2) is 0 Å². The van der Waals surface area contributed by atoms with Crippen molar-refractivity contribution in [2.45, 2.75) is 45.4 Å². The number of nitrogens with zero attached hydrogens (tertiary/aromatic N) is 1. The number of hydrogen-bond donors (Lipinski definition) is 2. The molecule has 1 aliphatic carbocycles. The third-order valence-electron chi connectivity index (χ3n) is 3.55. The smallest absolute Gasteiger partial charge is 0.186 e. The molecule has 0 bridgehead atoms. The van der Waals surface area contributed by atoms with E-state index in [1.807, 2.05) is 12.1 Å². The lowest BCUT2D eigenvalue weighted by atomic mass is 10.2. The van der Waals surface area contributed by atoms with Crippen molar-refractivity contribution in [2.24, 2.45) is 11.0 Å². The van der Waals surface area contributed by atoms with Crippen molar-refractivity contribution in [1.29, 1.82) is 0 Å². The number of rotatable bonds is 7. The normalized spacial score (nSPS) is 21.1. The summed E-state index contributed by atoms with van der Waals surface area (Å²) in [6.45, 7) is 5.31. The Bertz CT molecular complexity index is 469. The molecule has 1 fully saturated rings. The van der Waals surface area contributed by atoms with Gasteiger partial charge in [-0.15, -0.1) is 0 Å². The Balaban J connectivity index is 1.67. The third-order valence-corrected chi connectivity index (χ3v) is 3.78. The predicted octanol–water partition coefficient (Wildman–Crippen LogP) is 3.39. The maximum atomic E-state index is 5.72. The maximum absolute atomic E-state index is 5.72. The molecule has 2 atom stereocenters. The summed E-state index contributed by atoms with van der Waals surface area (Å²) in [5, 5.41) is 7.75. The molecule has 0 aromatic carbocycles. The summed E-state index contributed by atoms with van der Waals surface area (Å²) in [6.07, 6.45) is 6.45. The molecule has 1 saturated carbocycles. The van der Waals surface area contributed by atoms with Gasteiger partial charge >= 0.3 is 0 Å². The fourth-order valence-electron chi connectivity index (χ4n) is 2.13. The second-order valence-corrected chi connectivity index (χ2v) is 5.80. The van der Waals surface area contributed by atoms with Gasteiger partial charge in [-0.05, 0) is 43.1 Å². The van der Waals surface area contributed by atoms with Crippen LogP contribution in [0.2, 0.25) is 0 Å². The largest absolute Gasteiger partial charge is 0.460 e. The fourth-order valence-corrected chi connectivity index (χ4v) is 2.28. The van der Waals surface area contributed by atoms with Gasteiger partial charge in [0.1, 0.15) is 11.5 Å². The molecule has 0 saturated heterocycles. The molecule has 2 rings (SSSR count). The zero-order chi connectivity index (χ0) is 14.4. The minimum absolute atomic E-state index is 0.556. The molecule has 1 heterocycles. The molecule has 0 unspecified atom stereocenters. The topological polar surface area (TPSA) is 49.6 Å². The van der Waals surface area contributed by atoms with Crippen LogP contribution in [0.5, 0.6) is 0 Å². The van der Waals surface area contributed by atoms with E-state index in [-0.39, 0.29) is 0 Å². The summed E-state index contributed by atoms with van der Waals surface area (Å²) in [5.41, 5.74) is 2.80. The van der Waals surface area contributed by atoms with Crippen LogP contribution >= 0.6 is 12.2 Å². The van der Waals surface area contributed by atoms with E-state index in [4.69, 9.17) is 16.6 Å². The average Bonchev–Trinajstić information content (AvgIpc) is 2.98. The summed E-state index contributed by atoms with van der Waals surface area (Å²) in [5.74, 6) is 3.19. The van der Waals surface area contributed by atoms with Crippen molar-refractivity contribution in [1.82, 2.24) is 10.7 Å². The lowest BCUT2D eigenvalue weighted by Crippen LogP contribution is -2.32. The van der Waals surface area contributed by atoms with Gasteiger partial charge in [0.05, 0.1) is 6.21 Å². The Morgan fingerprint density at radius 1 is 1.50 bits per heavy atom. The van der Waals surface area contributed by atoms with Crippen LogP contribution in [-0.2, 0) is 0 Å². The third kappa shape index (κ3) is 4.63. The number of thiocarbonyl (C=S) groups is 1. The second kappa shape index (κ2) is 7.43. The zero-order valence-corrected chi connectivity index (χ0v) is 13.0. The molecule has 0 radical (unpaired) electrons. The van der Waals surface area contributed by atoms with Crippen molar-refractivity contribution in [3.8, 4) is 0 Å². The number of unbranched alkanes of at least 4 members (excludes halogenated alkanes) is 2. The van der Waals surface area contributed by atoms with E-state index in [9.17, 15) is 0 Å². The summed E-state index contributed by atoms with van der Waals surface area (Å²) in [4.78, 5) is 0. The van der Waals surface area contributed by atoms with E-state index >= 15 is 0 Å². The van der Waals surface area contributed by atoms with Gasteiger partial charge in [0.15, 0.2) is 5.11 Å². The van der Waals surface area contributed by atoms with Gasteiger partial charge < -0.3 is 9.73 Å². The first kappa shape index (κ1) is 15.0. The highest BCUT2D eigenvalue weighted by atomic mass is 32.1. The monoisotopic (exact) mass is 293 g/mol. The van der Waals surface area contributed by atoms with Crippen LogP contribution in [0.1, 0.15) is 57.0 Å². The van der Waals surface area contributed by atoms with Gasteiger partial charge in [-0.2, -0.15) is 5.10 Å². The van der Waals surface area contributed by atoms with Gasteiger partial charge in [-0.3, -0.25) is 5.43 Å². The Morgan fingerprint density at radius 3 is 3.00 bits per heavy atom. The number of nitrogens with one attached hydrogen (secondary N) is 2. The van der Waals surface area contributed by atoms with Crippen molar-refractivity contribution >= 4 is 23.5 Å². The van der Waals surface area contributed by atoms with Crippen molar-refractivity contribution in [3.63, 3.8) is 0 Å². The highest BCUT2D eigenvalue weighted by Gasteiger charge is 2.36. The van der Waals surface area contributed by atoms with Gasteiger partial charge in [0.25, 0.3) is 0 Å². The number of hydrogen-bond acceptors (Lipinski definition) is 3. The molecule has 1 aliphatic rings. The minimum atomic E-state index is 0.556. The van der Waals surface area contributed by atoms with E-state index < -0.39 is 0 Å². The average molecular weight is 293 g/mol. The van der Waals surface area contributed by atoms with Gasteiger partial charge in [0.2, 0.25) is 0 Å². The van der Waals surface area contributed by atoms with Crippen LogP contribution < -0.4 is 10.7 Å². The van der Waals surface area contributed by atoms with Crippen LogP contribution in [0.4, 0.5) is 0 Å². The van der Waals surface area contributed by atoms with E-state index in [1.54, 1.807) is 6.21 Å². The molecule has 0 aliphatic heterocycles. The van der Waals surface area contributed by atoms with Crippen molar-refractivity contribution in [2.75, 3.05) is 6.54 Å².